The van der Waals surface area contributed by atoms with Crippen molar-refractivity contribution in [3.05, 3.63) is 54.7 Å². The van der Waals surface area contributed by atoms with Gasteiger partial charge < -0.3 is 14.7 Å². The fraction of sp³-hybridized carbons (Fsp3) is 0.154. The van der Waals surface area contributed by atoms with Gasteiger partial charge in [-0.15, -0.1) is 0 Å². The molecule has 2 heterocycles. The van der Waals surface area contributed by atoms with Crippen LogP contribution in [-0.2, 0) is 6.54 Å². The van der Waals surface area contributed by atoms with Crippen molar-refractivity contribution in [2.45, 2.75) is 12.6 Å². The van der Waals surface area contributed by atoms with E-state index < -0.39 is 0 Å². The van der Waals surface area contributed by atoms with Crippen LogP contribution in [0.2, 0.25) is 0 Å². The maximum absolute atomic E-state index is 6.11. The van der Waals surface area contributed by atoms with Crippen molar-refractivity contribution < 1.29 is 4.42 Å². The van der Waals surface area contributed by atoms with E-state index in [0.29, 0.717) is 6.54 Å². The molecule has 1 unspecified atom stereocenters. The second kappa shape index (κ2) is 4.07. The molecule has 0 saturated carbocycles. The van der Waals surface area contributed by atoms with E-state index in [1.54, 1.807) is 12.5 Å². The maximum Gasteiger partial charge on any atom is 0.0958 e. The summed E-state index contributed by atoms with van der Waals surface area (Å²) in [6, 6.07) is 9.84. The van der Waals surface area contributed by atoms with Gasteiger partial charge >= 0.3 is 0 Å². The predicted octanol–water partition coefficient (Wildman–Crippen LogP) is 2.33. The lowest BCUT2D eigenvalue weighted by Gasteiger charge is -2.10. The smallest absolute Gasteiger partial charge is 0.0958 e. The van der Waals surface area contributed by atoms with E-state index in [2.05, 4.69) is 9.55 Å². The average molecular weight is 227 g/mol. The molecule has 0 saturated heterocycles. The van der Waals surface area contributed by atoms with E-state index in [1.807, 2.05) is 36.7 Å². The Morgan fingerprint density at radius 3 is 3.00 bits per heavy atom. The van der Waals surface area contributed by atoms with Gasteiger partial charge in [-0.1, -0.05) is 12.1 Å². The van der Waals surface area contributed by atoms with Crippen molar-refractivity contribution in [2.24, 2.45) is 5.73 Å². The van der Waals surface area contributed by atoms with Crippen LogP contribution in [0.25, 0.3) is 11.0 Å². The molecule has 1 atom stereocenters. The third-order valence-corrected chi connectivity index (χ3v) is 2.89. The molecule has 0 fully saturated rings. The lowest BCUT2D eigenvalue weighted by molar-refractivity contribution is 0.544. The zero-order valence-electron chi connectivity index (χ0n) is 9.28. The van der Waals surface area contributed by atoms with Gasteiger partial charge in [0.25, 0.3) is 0 Å². The Morgan fingerprint density at radius 2 is 2.18 bits per heavy atom. The molecular weight excluding hydrogens is 214 g/mol. The Kier molecular flexibility index (Phi) is 2.42. The third-order valence-electron chi connectivity index (χ3n) is 2.89. The highest BCUT2D eigenvalue weighted by atomic mass is 16.3. The molecule has 4 nitrogen and oxygen atoms in total. The summed E-state index contributed by atoms with van der Waals surface area (Å²) < 4.78 is 7.10. The van der Waals surface area contributed by atoms with E-state index in [4.69, 9.17) is 10.2 Å². The standard InChI is InChI=1S/C13H13N3O/c14-11(10-5-6-17-8-10)7-16-9-15-12-3-1-2-4-13(12)16/h1-6,8-9,11H,7,14H2. The molecule has 86 valence electrons. The van der Waals surface area contributed by atoms with E-state index >= 15 is 0 Å². The van der Waals surface area contributed by atoms with Gasteiger partial charge in [0.15, 0.2) is 0 Å². The number of benzene rings is 1. The highest BCUT2D eigenvalue weighted by Crippen LogP contribution is 2.17. The lowest BCUT2D eigenvalue weighted by Crippen LogP contribution is -2.16. The van der Waals surface area contributed by atoms with Crippen molar-refractivity contribution in [3.63, 3.8) is 0 Å². The molecule has 3 aromatic rings. The Labute approximate surface area is 98.7 Å². The first kappa shape index (κ1) is 10.1. The van der Waals surface area contributed by atoms with Gasteiger partial charge in [-0.25, -0.2) is 4.98 Å². The summed E-state index contributed by atoms with van der Waals surface area (Å²) in [4.78, 5) is 4.34. The first-order chi connectivity index (χ1) is 8.34. The van der Waals surface area contributed by atoms with Crippen LogP contribution in [-0.4, -0.2) is 9.55 Å². The third kappa shape index (κ3) is 1.83. The topological polar surface area (TPSA) is 57.0 Å². The highest BCUT2D eigenvalue weighted by Gasteiger charge is 2.10. The number of hydrogen-bond donors (Lipinski definition) is 1. The lowest BCUT2D eigenvalue weighted by atomic mass is 10.1. The number of para-hydroxylation sites is 2. The van der Waals surface area contributed by atoms with Gasteiger partial charge in [-0.2, -0.15) is 0 Å². The summed E-state index contributed by atoms with van der Waals surface area (Å²) in [5.41, 5.74) is 9.21. The molecule has 3 rings (SSSR count). The molecule has 17 heavy (non-hydrogen) atoms. The number of furan rings is 1. The van der Waals surface area contributed by atoms with E-state index in [0.717, 1.165) is 16.6 Å². The second-order valence-electron chi connectivity index (χ2n) is 4.05. The highest BCUT2D eigenvalue weighted by molar-refractivity contribution is 5.74. The second-order valence-corrected chi connectivity index (χ2v) is 4.05. The largest absolute Gasteiger partial charge is 0.472 e. The number of aromatic nitrogens is 2. The van der Waals surface area contributed by atoms with Gasteiger partial charge in [0, 0.05) is 12.1 Å². The number of rotatable bonds is 3. The number of fused-ring (bicyclic) bond motifs is 1. The summed E-state index contributed by atoms with van der Waals surface area (Å²) in [6.45, 7) is 0.694. The van der Waals surface area contributed by atoms with Crippen LogP contribution in [0.1, 0.15) is 11.6 Å². The Balaban J connectivity index is 1.90. The normalized spacial score (nSPS) is 13.0. The van der Waals surface area contributed by atoms with Crippen LogP contribution in [0.15, 0.2) is 53.6 Å². The molecule has 2 N–H and O–H groups in total. The van der Waals surface area contributed by atoms with Gasteiger partial charge in [-0.3, -0.25) is 0 Å². The molecule has 0 bridgehead atoms. The van der Waals surface area contributed by atoms with Gasteiger partial charge in [0.2, 0.25) is 0 Å². The number of hydrogen-bond acceptors (Lipinski definition) is 3. The van der Waals surface area contributed by atoms with Crippen molar-refractivity contribution in [1.29, 1.82) is 0 Å². The first-order valence-electron chi connectivity index (χ1n) is 5.52. The quantitative estimate of drug-likeness (QED) is 0.747. The summed E-state index contributed by atoms with van der Waals surface area (Å²) in [5.74, 6) is 0. The molecule has 0 aliphatic heterocycles. The monoisotopic (exact) mass is 227 g/mol. The predicted molar refractivity (Wildman–Crippen MR) is 65.4 cm³/mol. The SMILES string of the molecule is NC(Cn1cnc2ccccc21)c1ccoc1. The van der Waals surface area contributed by atoms with Crippen LogP contribution in [0.3, 0.4) is 0 Å². The van der Waals surface area contributed by atoms with E-state index in [-0.39, 0.29) is 6.04 Å². The van der Waals surface area contributed by atoms with Crippen LogP contribution < -0.4 is 5.73 Å². The van der Waals surface area contributed by atoms with Crippen LogP contribution >= 0.6 is 0 Å². The zero-order chi connectivity index (χ0) is 11.7. The molecule has 0 amide bonds. The molecule has 1 aromatic carbocycles. The summed E-state index contributed by atoms with van der Waals surface area (Å²) in [6.07, 6.45) is 5.15. The summed E-state index contributed by atoms with van der Waals surface area (Å²) in [7, 11) is 0. The molecule has 0 aliphatic carbocycles. The first-order valence-corrected chi connectivity index (χ1v) is 5.52. The number of imidazole rings is 1. The van der Waals surface area contributed by atoms with Crippen LogP contribution in [0.4, 0.5) is 0 Å². The molecule has 0 spiro atoms. The maximum atomic E-state index is 6.11. The van der Waals surface area contributed by atoms with Crippen molar-refractivity contribution >= 4 is 11.0 Å². The summed E-state index contributed by atoms with van der Waals surface area (Å²) >= 11 is 0. The average Bonchev–Trinajstić information content (AvgIpc) is 2.98. The van der Waals surface area contributed by atoms with E-state index in [9.17, 15) is 0 Å². The zero-order valence-corrected chi connectivity index (χ0v) is 9.28. The van der Waals surface area contributed by atoms with Gasteiger partial charge in [-0.05, 0) is 18.2 Å². The van der Waals surface area contributed by atoms with Crippen molar-refractivity contribution in [2.75, 3.05) is 0 Å². The van der Waals surface area contributed by atoms with Crippen LogP contribution in [0.5, 0.6) is 0 Å². The molecular formula is C13H13N3O. The minimum absolute atomic E-state index is 0.0774. The van der Waals surface area contributed by atoms with Crippen molar-refractivity contribution in [1.82, 2.24) is 9.55 Å². The fourth-order valence-electron chi connectivity index (χ4n) is 1.96. The number of nitrogens with zero attached hydrogens (tertiary/aromatic N) is 2. The summed E-state index contributed by atoms with van der Waals surface area (Å²) in [5, 5.41) is 0. The van der Waals surface area contributed by atoms with Gasteiger partial charge in [0.1, 0.15) is 0 Å². The van der Waals surface area contributed by atoms with Crippen LogP contribution in [0, 0.1) is 0 Å². The Morgan fingerprint density at radius 1 is 1.29 bits per heavy atom. The Hall–Kier alpha value is -2.07. The minimum Gasteiger partial charge on any atom is -0.472 e. The minimum atomic E-state index is -0.0774. The molecule has 4 heteroatoms. The van der Waals surface area contributed by atoms with Crippen molar-refractivity contribution in [3.8, 4) is 0 Å². The fourth-order valence-corrected chi connectivity index (χ4v) is 1.96. The molecule has 0 radical (unpaired) electrons. The number of nitrogens with two attached hydrogens (primary N) is 1. The molecule has 2 aromatic heterocycles. The van der Waals surface area contributed by atoms with E-state index in [1.165, 1.54) is 0 Å². The van der Waals surface area contributed by atoms with Gasteiger partial charge in [0.05, 0.1) is 35.9 Å². The Bertz CT molecular complexity index is 612. The molecule has 0 aliphatic rings.